The number of benzene rings is 1. The summed E-state index contributed by atoms with van der Waals surface area (Å²) in [6, 6.07) is 7.60. The summed E-state index contributed by atoms with van der Waals surface area (Å²) in [6.07, 6.45) is 0. The van der Waals surface area contributed by atoms with E-state index in [0.717, 1.165) is 21.8 Å². The van der Waals surface area contributed by atoms with Crippen molar-refractivity contribution in [2.45, 2.75) is 20.4 Å². The van der Waals surface area contributed by atoms with E-state index in [9.17, 15) is 4.79 Å². The van der Waals surface area contributed by atoms with Crippen LogP contribution in [-0.4, -0.2) is 22.3 Å². The van der Waals surface area contributed by atoms with E-state index in [4.69, 9.17) is 5.73 Å². The Bertz CT molecular complexity index is 562. The first-order valence-corrected chi connectivity index (χ1v) is 7.03. The van der Waals surface area contributed by atoms with Crippen molar-refractivity contribution in [3.8, 4) is 0 Å². The summed E-state index contributed by atoms with van der Waals surface area (Å²) in [5.74, 6) is 0.0410. The summed E-state index contributed by atoms with van der Waals surface area (Å²) < 4.78 is 0. The fraction of sp³-hybridized carbons (Fsp3) is 0.286. The average Bonchev–Trinajstić information content (AvgIpc) is 2.83. The monoisotopic (exact) mass is 275 g/mol. The average molecular weight is 275 g/mol. The van der Waals surface area contributed by atoms with Crippen molar-refractivity contribution in [1.82, 2.24) is 9.88 Å². The standard InChI is InChI=1S/C14H17N3OS/c1-3-17(8-11-4-6-12(15)7-5-11)14(18)13-10(2)16-9-19-13/h4-7,9H,3,8,15H2,1-2H3. The van der Waals surface area contributed by atoms with E-state index >= 15 is 0 Å². The summed E-state index contributed by atoms with van der Waals surface area (Å²) >= 11 is 1.39. The topological polar surface area (TPSA) is 59.2 Å². The smallest absolute Gasteiger partial charge is 0.266 e. The van der Waals surface area contributed by atoms with E-state index in [2.05, 4.69) is 4.98 Å². The van der Waals surface area contributed by atoms with Crippen molar-refractivity contribution >= 4 is 22.9 Å². The van der Waals surface area contributed by atoms with Crippen molar-refractivity contribution in [2.75, 3.05) is 12.3 Å². The van der Waals surface area contributed by atoms with Gasteiger partial charge >= 0.3 is 0 Å². The van der Waals surface area contributed by atoms with Gasteiger partial charge in [0.2, 0.25) is 0 Å². The Kier molecular flexibility index (Phi) is 4.16. The zero-order chi connectivity index (χ0) is 13.8. The first kappa shape index (κ1) is 13.5. The molecule has 0 fully saturated rings. The molecule has 2 N–H and O–H groups in total. The molecule has 0 saturated carbocycles. The molecule has 1 aromatic heterocycles. The number of carbonyl (C=O) groups is 1. The van der Waals surface area contributed by atoms with Gasteiger partial charge in [-0.05, 0) is 31.5 Å². The Balaban J connectivity index is 2.14. The van der Waals surface area contributed by atoms with Crippen LogP contribution in [0.25, 0.3) is 0 Å². The number of thiazole rings is 1. The quantitative estimate of drug-likeness (QED) is 0.873. The van der Waals surface area contributed by atoms with Gasteiger partial charge in [0.25, 0.3) is 5.91 Å². The molecule has 19 heavy (non-hydrogen) atoms. The van der Waals surface area contributed by atoms with E-state index < -0.39 is 0 Å². The predicted molar refractivity (Wildman–Crippen MR) is 78.1 cm³/mol. The number of nitrogens with zero attached hydrogens (tertiary/aromatic N) is 2. The van der Waals surface area contributed by atoms with E-state index in [0.29, 0.717) is 13.1 Å². The first-order chi connectivity index (χ1) is 9.11. The lowest BCUT2D eigenvalue weighted by Gasteiger charge is -2.20. The number of hydrogen-bond acceptors (Lipinski definition) is 4. The van der Waals surface area contributed by atoms with Gasteiger partial charge in [0.15, 0.2) is 0 Å². The van der Waals surface area contributed by atoms with Crippen molar-refractivity contribution < 1.29 is 4.79 Å². The fourth-order valence-electron chi connectivity index (χ4n) is 1.82. The highest BCUT2D eigenvalue weighted by molar-refractivity contribution is 7.11. The third kappa shape index (κ3) is 3.12. The third-order valence-electron chi connectivity index (χ3n) is 2.96. The molecule has 1 amide bonds. The third-order valence-corrected chi connectivity index (χ3v) is 3.88. The number of nitrogen functional groups attached to an aromatic ring is 1. The number of aromatic nitrogens is 1. The van der Waals surface area contributed by atoms with Crippen LogP contribution in [-0.2, 0) is 6.54 Å². The molecule has 2 rings (SSSR count). The lowest BCUT2D eigenvalue weighted by atomic mass is 10.2. The van der Waals surface area contributed by atoms with Crippen molar-refractivity contribution in [1.29, 1.82) is 0 Å². The number of hydrogen-bond donors (Lipinski definition) is 1. The minimum absolute atomic E-state index is 0.0410. The zero-order valence-electron chi connectivity index (χ0n) is 11.1. The molecule has 1 aromatic carbocycles. The molecule has 4 nitrogen and oxygen atoms in total. The van der Waals surface area contributed by atoms with Gasteiger partial charge in [-0.3, -0.25) is 4.79 Å². The second-order valence-electron chi connectivity index (χ2n) is 4.33. The molecule has 0 aliphatic rings. The van der Waals surface area contributed by atoms with Gasteiger partial charge in [-0.1, -0.05) is 12.1 Å². The molecular weight excluding hydrogens is 258 g/mol. The van der Waals surface area contributed by atoms with E-state index in [1.807, 2.05) is 43.0 Å². The zero-order valence-corrected chi connectivity index (χ0v) is 11.9. The van der Waals surface area contributed by atoms with Crippen molar-refractivity contribution in [3.05, 3.63) is 45.9 Å². The maximum atomic E-state index is 12.4. The van der Waals surface area contributed by atoms with Crippen LogP contribution in [0.4, 0.5) is 5.69 Å². The molecule has 0 atom stereocenters. The van der Waals surface area contributed by atoms with Gasteiger partial charge < -0.3 is 10.6 Å². The summed E-state index contributed by atoms with van der Waals surface area (Å²) in [7, 11) is 0. The summed E-state index contributed by atoms with van der Waals surface area (Å²) in [6.45, 7) is 5.10. The Hall–Kier alpha value is -1.88. The van der Waals surface area contributed by atoms with E-state index in [-0.39, 0.29) is 5.91 Å². The lowest BCUT2D eigenvalue weighted by Crippen LogP contribution is -2.30. The molecule has 5 heteroatoms. The number of aryl methyl sites for hydroxylation is 1. The molecule has 0 saturated heterocycles. The largest absolute Gasteiger partial charge is 0.399 e. The molecule has 2 aromatic rings. The number of anilines is 1. The second-order valence-corrected chi connectivity index (χ2v) is 5.18. The van der Waals surface area contributed by atoms with Crippen LogP contribution in [0, 0.1) is 6.92 Å². The molecule has 0 spiro atoms. The minimum atomic E-state index is 0.0410. The van der Waals surface area contributed by atoms with Gasteiger partial charge in [0.1, 0.15) is 4.88 Å². The molecule has 0 bridgehead atoms. The maximum Gasteiger partial charge on any atom is 0.266 e. The highest BCUT2D eigenvalue weighted by atomic mass is 32.1. The van der Waals surface area contributed by atoms with Crippen LogP contribution in [0.1, 0.15) is 27.9 Å². The van der Waals surface area contributed by atoms with Crippen LogP contribution in [0.15, 0.2) is 29.8 Å². The van der Waals surface area contributed by atoms with Crippen LogP contribution in [0.2, 0.25) is 0 Å². The Labute approximate surface area is 116 Å². The van der Waals surface area contributed by atoms with Crippen LogP contribution in [0.3, 0.4) is 0 Å². The Morgan fingerprint density at radius 3 is 2.58 bits per heavy atom. The SMILES string of the molecule is CCN(Cc1ccc(N)cc1)C(=O)c1scnc1C. The van der Waals surface area contributed by atoms with Crippen molar-refractivity contribution in [2.24, 2.45) is 0 Å². The van der Waals surface area contributed by atoms with Gasteiger partial charge in [-0.15, -0.1) is 11.3 Å². The number of nitrogens with two attached hydrogens (primary N) is 1. The van der Waals surface area contributed by atoms with Gasteiger partial charge in [0.05, 0.1) is 11.2 Å². The van der Waals surface area contributed by atoms with Gasteiger partial charge in [0, 0.05) is 18.8 Å². The molecular formula is C14H17N3OS. The Morgan fingerprint density at radius 2 is 2.05 bits per heavy atom. The molecule has 0 radical (unpaired) electrons. The van der Waals surface area contributed by atoms with Gasteiger partial charge in [-0.2, -0.15) is 0 Å². The molecule has 0 aliphatic heterocycles. The molecule has 1 heterocycles. The minimum Gasteiger partial charge on any atom is -0.399 e. The van der Waals surface area contributed by atoms with E-state index in [1.165, 1.54) is 11.3 Å². The predicted octanol–water partition coefficient (Wildman–Crippen LogP) is 2.70. The first-order valence-electron chi connectivity index (χ1n) is 6.15. The lowest BCUT2D eigenvalue weighted by molar-refractivity contribution is 0.0756. The number of amides is 1. The summed E-state index contributed by atoms with van der Waals surface area (Å²) in [5, 5.41) is 0. The highest BCUT2D eigenvalue weighted by Crippen LogP contribution is 2.17. The number of carbonyl (C=O) groups excluding carboxylic acids is 1. The van der Waals surface area contributed by atoms with Crippen LogP contribution < -0.4 is 5.73 Å². The van der Waals surface area contributed by atoms with Crippen LogP contribution >= 0.6 is 11.3 Å². The summed E-state index contributed by atoms with van der Waals surface area (Å²) in [4.78, 5) is 19.1. The summed E-state index contributed by atoms with van der Waals surface area (Å²) in [5.41, 5.74) is 9.97. The van der Waals surface area contributed by atoms with E-state index in [1.54, 1.807) is 5.51 Å². The maximum absolute atomic E-state index is 12.4. The van der Waals surface area contributed by atoms with Gasteiger partial charge in [-0.25, -0.2) is 4.98 Å². The normalized spacial score (nSPS) is 10.4. The second kappa shape index (κ2) is 5.84. The highest BCUT2D eigenvalue weighted by Gasteiger charge is 2.18. The number of rotatable bonds is 4. The van der Waals surface area contributed by atoms with Crippen molar-refractivity contribution in [3.63, 3.8) is 0 Å². The Morgan fingerprint density at radius 1 is 1.37 bits per heavy atom. The molecule has 100 valence electrons. The molecule has 0 unspecified atom stereocenters. The fourth-order valence-corrected chi connectivity index (χ4v) is 2.59. The molecule has 0 aliphatic carbocycles. The van der Waals surface area contributed by atoms with Crippen LogP contribution in [0.5, 0.6) is 0 Å².